The highest BCUT2D eigenvalue weighted by Gasteiger charge is 2.10. The molecule has 0 aliphatic heterocycles. The quantitative estimate of drug-likeness (QED) is 0.751. The van der Waals surface area contributed by atoms with Crippen LogP contribution in [0.4, 0.5) is 10.1 Å². The number of benzene rings is 3. The van der Waals surface area contributed by atoms with E-state index in [1.54, 1.807) is 6.07 Å². The first-order valence-corrected chi connectivity index (χ1v) is 8.23. The number of carbonyl (C=O) groups is 1. The van der Waals surface area contributed by atoms with Crippen molar-refractivity contribution < 1.29 is 9.18 Å². The van der Waals surface area contributed by atoms with Gasteiger partial charge in [0.25, 0.3) is 0 Å². The Hall–Kier alpha value is -2.72. The lowest BCUT2D eigenvalue weighted by atomic mass is 10.1. The molecule has 0 aliphatic carbocycles. The third-order valence-electron chi connectivity index (χ3n) is 4.15. The van der Waals surface area contributed by atoms with E-state index in [2.05, 4.69) is 35.6 Å². The molecule has 1 amide bonds. The van der Waals surface area contributed by atoms with Crippen molar-refractivity contribution in [1.29, 1.82) is 0 Å². The normalized spacial score (nSPS) is 11.0. The molecular formula is C21H21FN2O. The zero-order valence-corrected chi connectivity index (χ0v) is 14.4. The van der Waals surface area contributed by atoms with Crippen molar-refractivity contribution in [3.8, 4) is 0 Å². The van der Waals surface area contributed by atoms with Crippen LogP contribution < -0.4 is 5.32 Å². The number of hydrogen-bond donors (Lipinski definition) is 1. The number of likely N-dealkylation sites (N-methyl/N-ethyl adjacent to an activating group) is 1. The number of carbonyl (C=O) groups excluding carboxylic acids is 1. The number of nitrogens with zero attached hydrogens (tertiary/aromatic N) is 1. The maximum Gasteiger partial charge on any atom is 0.238 e. The summed E-state index contributed by atoms with van der Waals surface area (Å²) in [5.41, 5.74) is 2.51. The smallest absolute Gasteiger partial charge is 0.238 e. The number of hydrogen-bond acceptors (Lipinski definition) is 2. The fraction of sp³-hybridized carbons (Fsp3) is 0.190. The molecule has 3 aromatic rings. The minimum absolute atomic E-state index is 0.156. The fourth-order valence-electron chi connectivity index (χ4n) is 2.87. The van der Waals surface area contributed by atoms with Gasteiger partial charge >= 0.3 is 0 Å². The molecule has 128 valence electrons. The number of nitrogens with one attached hydrogen (secondary N) is 1. The molecule has 0 radical (unpaired) electrons. The van der Waals surface area contributed by atoms with Crippen LogP contribution in [0.15, 0.2) is 60.7 Å². The van der Waals surface area contributed by atoms with E-state index in [-0.39, 0.29) is 18.3 Å². The molecule has 0 bridgehead atoms. The molecule has 0 atom stereocenters. The average Bonchev–Trinajstić information content (AvgIpc) is 2.58. The average molecular weight is 336 g/mol. The van der Waals surface area contributed by atoms with Gasteiger partial charge in [0.2, 0.25) is 5.91 Å². The molecule has 1 N–H and O–H groups in total. The van der Waals surface area contributed by atoms with Crippen molar-refractivity contribution in [3.05, 3.63) is 77.6 Å². The summed E-state index contributed by atoms with van der Waals surface area (Å²) in [6.07, 6.45) is 0. The maximum absolute atomic E-state index is 13.3. The second-order valence-corrected chi connectivity index (χ2v) is 6.36. The SMILES string of the molecule is Cc1ccc(F)cc1NC(=O)CN(C)Cc1ccc2ccccc2c1. The Bertz CT molecular complexity index is 907. The minimum atomic E-state index is -0.356. The lowest BCUT2D eigenvalue weighted by molar-refractivity contribution is -0.117. The summed E-state index contributed by atoms with van der Waals surface area (Å²) in [5, 5.41) is 5.17. The Morgan fingerprint density at radius 1 is 1.04 bits per heavy atom. The molecule has 0 fully saturated rings. The summed E-state index contributed by atoms with van der Waals surface area (Å²) in [5.74, 6) is -0.512. The first-order chi connectivity index (χ1) is 12.0. The predicted molar refractivity (Wildman–Crippen MR) is 100 cm³/mol. The summed E-state index contributed by atoms with van der Waals surface area (Å²) < 4.78 is 13.3. The van der Waals surface area contributed by atoms with E-state index in [9.17, 15) is 9.18 Å². The third kappa shape index (κ3) is 4.43. The van der Waals surface area contributed by atoms with Gasteiger partial charge in [0.15, 0.2) is 0 Å². The van der Waals surface area contributed by atoms with E-state index in [1.165, 1.54) is 22.9 Å². The monoisotopic (exact) mass is 336 g/mol. The van der Waals surface area contributed by atoms with E-state index in [4.69, 9.17) is 0 Å². The minimum Gasteiger partial charge on any atom is -0.325 e. The van der Waals surface area contributed by atoms with Crippen LogP contribution in [-0.4, -0.2) is 24.4 Å². The predicted octanol–water partition coefficient (Wildman–Crippen LogP) is 4.36. The number of rotatable bonds is 5. The van der Waals surface area contributed by atoms with Crippen LogP contribution in [0.1, 0.15) is 11.1 Å². The van der Waals surface area contributed by atoms with Crippen molar-refractivity contribution in [2.24, 2.45) is 0 Å². The molecule has 25 heavy (non-hydrogen) atoms. The maximum atomic E-state index is 13.3. The van der Waals surface area contributed by atoms with Crippen LogP contribution in [-0.2, 0) is 11.3 Å². The van der Waals surface area contributed by atoms with Gasteiger partial charge in [-0.15, -0.1) is 0 Å². The van der Waals surface area contributed by atoms with Gasteiger partial charge in [-0.1, -0.05) is 42.5 Å². The molecule has 0 saturated carbocycles. The summed E-state index contributed by atoms with van der Waals surface area (Å²) in [6.45, 7) is 2.75. The molecule has 3 nitrogen and oxygen atoms in total. The first-order valence-electron chi connectivity index (χ1n) is 8.23. The van der Waals surface area contributed by atoms with Crippen LogP contribution in [0.5, 0.6) is 0 Å². The molecule has 0 saturated heterocycles. The Balaban J connectivity index is 1.62. The van der Waals surface area contributed by atoms with Gasteiger partial charge in [0.05, 0.1) is 6.54 Å². The fourth-order valence-corrected chi connectivity index (χ4v) is 2.87. The van der Waals surface area contributed by atoms with E-state index in [0.29, 0.717) is 12.2 Å². The van der Waals surface area contributed by atoms with Crippen molar-refractivity contribution in [2.45, 2.75) is 13.5 Å². The zero-order chi connectivity index (χ0) is 17.8. The molecule has 0 unspecified atom stereocenters. The number of fused-ring (bicyclic) bond motifs is 1. The summed E-state index contributed by atoms with van der Waals surface area (Å²) in [4.78, 5) is 14.2. The van der Waals surface area contributed by atoms with Crippen LogP contribution in [0.25, 0.3) is 10.8 Å². The van der Waals surface area contributed by atoms with Gasteiger partial charge < -0.3 is 5.32 Å². The lowest BCUT2D eigenvalue weighted by Crippen LogP contribution is -2.30. The first kappa shape index (κ1) is 17.1. The summed E-state index contributed by atoms with van der Waals surface area (Å²) in [6, 6.07) is 18.9. The Kier molecular flexibility index (Phi) is 5.10. The number of amides is 1. The van der Waals surface area contributed by atoms with Crippen LogP contribution in [0.3, 0.4) is 0 Å². The Morgan fingerprint density at radius 2 is 1.80 bits per heavy atom. The topological polar surface area (TPSA) is 32.3 Å². The van der Waals surface area contributed by atoms with E-state index in [1.807, 2.05) is 31.0 Å². The lowest BCUT2D eigenvalue weighted by Gasteiger charge is -2.17. The summed E-state index contributed by atoms with van der Waals surface area (Å²) in [7, 11) is 1.90. The van der Waals surface area contributed by atoms with Crippen molar-refractivity contribution in [2.75, 3.05) is 18.9 Å². The second kappa shape index (κ2) is 7.45. The highest BCUT2D eigenvalue weighted by Crippen LogP contribution is 2.17. The molecule has 4 heteroatoms. The van der Waals surface area contributed by atoms with Gasteiger partial charge in [-0.25, -0.2) is 4.39 Å². The number of aryl methyl sites for hydroxylation is 1. The van der Waals surface area contributed by atoms with Gasteiger partial charge in [-0.2, -0.15) is 0 Å². The van der Waals surface area contributed by atoms with Crippen molar-refractivity contribution >= 4 is 22.4 Å². The molecular weight excluding hydrogens is 315 g/mol. The standard InChI is InChI=1S/C21H21FN2O/c1-15-7-10-19(22)12-20(15)23-21(25)14-24(2)13-16-8-9-17-5-3-4-6-18(17)11-16/h3-12H,13-14H2,1-2H3,(H,23,25). The van der Waals surface area contributed by atoms with E-state index >= 15 is 0 Å². The van der Waals surface area contributed by atoms with Crippen molar-refractivity contribution in [1.82, 2.24) is 4.90 Å². The highest BCUT2D eigenvalue weighted by atomic mass is 19.1. The van der Waals surface area contributed by atoms with Crippen LogP contribution in [0.2, 0.25) is 0 Å². The van der Waals surface area contributed by atoms with Gasteiger partial charge in [-0.05, 0) is 54.1 Å². The Morgan fingerprint density at radius 3 is 2.60 bits per heavy atom. The number of halogens is 1. The third-order valence-corrected chi connectivity index (χ3v) is 4.15. The molecule has 0 heterocycles. The van der Waals surface area contributed by atoms with Gasteiger partial charge in [-0.3, -0.25) is 9.69 Å². The molecule has 3 aromatic carbocycles. The van der Waals surface area contributed by atoms with E-state index < -0.39 is 0 Å². The largest absolute Gasteiger partial charge is 0.325 e. The van der Waals surface area contributed by atoms with Gasteiger partial charge in [0, 0.05) is 12.2 Å². The van der Waals surface area contributed by atoms with E-state index in [0.717, 1.165) is 11.1 Å². The highest BCUT2D eigenvalue weighted by molar-refractivity contribution is 5.93. The Labute approximate surface area is 147 Å². The zero-order valence-electron chi connectivity index (χ0n) is 14.4. The number of anilines is 1. The van der Waals surface area contributed by atoms with Crippen molar-refractivity contribution in [3.63, 3.8) is 0 Å². The molecule has 0 spiro atoms. The van der Waals surface area contributed by atoms with Gasteiger partial charge in [0.1, 0.15) is 5.82 Å². The molecule has 0 aromatic heterocycles. The molecule has 3 rings (SSSR count). The van der Waals surface area contributed by atoms with Crippen LogP contribution in [0, 0.1) is 12.7 Å². The summed E-state index contributed by atoms with van der Waals surface area (Å²) >= 11 is 0. The molecule has 0 aliphatic rings. The van der Waals surface area contributed by atoms with Crippen LogP contribution >= 0.6 is 0 Å². The second-order valence-electron chi connectivity index (χ2n) is 6.36.